The third kappa shape index (κ3) is 10.1. The van der Waals surface area contributed by atoms with Gasteiger partial charge in [0.1, 0.15) is 28.7 Å². The van der Waals surface area contributed by atoms with Gasteiger partial charge in [-0.2, -0.15) is 0 Å². The minimum absolute atomic E-state index is 0.00259. The van der Waals surface area contributed by atoms with Crippen molar-refractivity contribution >= 4 is 102 Å². The minimum Gasteiger partial charge on any atom is -0.507 e. The van der Waals surface area contributed by atoms with Gasteiger partial charge in [0.25, 0.3) is 0 Å². The summed E-state index contributed by atoms with van der Waals surface area (Å²) in [5.74, 6) is 1.26. The molecule has 0 aliphatic carbocycles. The van der Waals surface area contributed by atoms with Crippen molar-refractivity contribution < 1.29 is 39.5 Å². The molecule has 0 bridgehead atoms. The number of phenols is 2. The van der Waals surface area contributed by atoms with E-state index >= 15 is 0 Å². The number of benzene rings is 4. The molecule has 0 aliphatic rings. The van der Waals surface area contributed by atoms with Gasteiger partial charge in [-0.05, 0) is 162 Å². The maximum Gasteiger partial charge on any atom is 0.307 e. The van der Waals surface area contributed by atoms with Crippen molar-refractivity contribution in [1.82, 2.24) is 0 Å². The highest BCUT2D eigenvalue weighted by molar-refractivity contribution is 14.1. The van der Waals surface area contributed by atoms with Crippen molar-refractivity contribution in [3.63, 3.8) is 0 Å². The van der Waals surface area contributed by atoms with Gasteiger partial charge in [0.2, 0.25) is 0 Å². The molecule has 0 unspecified atom stereocenters. The molecule has 0 aliphatic heterocycles. The van der Waals surface area contributed by atoms with Crippen molar-refractivity contribution in [2.24, 2.45) is 0 Å². The van der Waals surface area contributed by atoms with Gasteiger partial charge in [0.15, 0.2) is 5.75 Å². The van der Waals surface area contributed by atoms with Crippen LogP contribution in [0, 0.1) is 14.3 Å². The molecule has 12 heteroatoms. The lowest BCUT2D eigenvalue weighted by molar-refractivity contribution is -0.137. The van der Waals surface area contributed by atoms with Crippen LogP contribution in [0.15, 0.2) is 72.8 Å². The highest BCUT2D eigenvalue weighted by atomic mass is 127. The maximum absolute atomic E-state index is 10.8. The van der Waals surface area contributed by atoms with Crippen molar-refractivity contribution in [3.8, 4) is 34.5 Å². The van der Waals surface area contributed by atoms with Crippen LogP contribution in [0.5, 0.6) is 34.5 Å². The molecule has 0 atom stereocenters. The lowest BCUT2D eigenvalue weighted by Crippen LogP contribution is -2.02. The predicted molar refractivity (Wildman–Crippen MR) is 183 cm³/mol. The summed E-state index contributed by atoms with van der Waals surface area (Å²) in [6.45, 7) is 0. The molecule has 8 nitrogen and oxygen atoms in total. The van der Waals surface area contributed by atoms with E-state index in [1.807, 2.05) is 45.2 Å². The fraction of sp³-hybridized carbons (Fsp3) is 0.0714. The molecule has 208 valence electrons. The molecule has 4 rings (SSSR count). The Morgan fingerprint density at radius 1 is 0.550 bits per heavy atom. The number of ether oxygens (including phenoxy) is 2. The van der Waals surface area contributed by atoms with Crippen LogP contribution in [0.4, 0.5) is 0 Å². The van der Waals surface area contributed by atoms with E-state index in [0.717, 1.165) is 18.3 Å². The molecule has 0 aromatic heterocycles. The Morgan fingerprint density at radius 2 is 0.975 bits per heavy atom. The Balaban J connectivity index is 0.000000222. The van der Waals surface area contributed by atoms with E-state index in [1.165, 1.54) is 0 Å². The van der Waals surface area contributed by atoms with Crippen molar-refractivity contribution in [2.75, 3.05) is 0 Å². The zero-order valence-corrected chi connectivity index (χ0v) is 28.9. The van der Waals surface area contributed by atoms with Gasteiger partial charge in [0, 0.05) is 0 Å². The average Bonchev–Trinajstić information content (AvgIpc) is 2.87. The molecule has 0 spiro atoms. The van der Waals surface area contributed by atoms with Crippen molar-refractivity contribution in [2.45, 2.75) is 12.8 Å². The topological polar surface area (TPSA) is 134 Å². The number of rotatable bonds is 8. The second kappa shape index (κ2) is 15.2. The smallest absolute Gasteiger partial charge is 0.307 e. The maximum atomic E-state index is 10.8. The standard InChI is InChI=1S/C14H9I3O4.C14H11IO4/c15-9-6-8(1-2-12(9)18)21-14-10(16)3-7(4-11(14)17)5-13(19)20;15-12-8-11(5-6-13(12)16)19-10-3-1-9(2-4-10)7-14(17)18/h1-4,6,18H,5H2,(H,19,20);1-6,8,16H,7H2,(H,17,18). The number of halogens is 4. The third-order valence-corrected chi connectivity index (χ3v) is 8.32. The first kappa shape index (κ1) is 32.5. The zero-order valence-electron chi connectivity index (χ0n) is 20.3. The molecule has 4 aromatic rings. The number of carboxylic acid groups (broad SMARTS) is 2. The Morgan fingerprint density at radius 3 is 1.43 bits per heavy atom. The highest BCUT2D eigenvalue weighted by Gasteiger charge is 2.13. The third-order valence-electron chi connectivity index (χ3n) is 4.99. The van der Waals surface area contributed by atoms with Crippen LogP contribution in [-0.4, -0.2) is 32.4 Å². The van der Waals surface area contributed by atoms with Gasteiger partial charge >= 0.3 is 11.9 Å². The molecule has 0 radical (unpaired) electrons. The van der Waals surface area contributed by atoms with Crippen LogP contribution in [0.25, 0.3) is 0 Å². The Hall–Kier alpha value is -2.06. The molecular formula is C28H20I4O8. The minimum atomic E-state index is -0.859. The van der Waals surface area contributed by atoms with Crippen molar-refractivity contribution in [3.05, 3.63) is 98.2 Å². The van der Waals surface area contributed by atoms with Crippen molar-refractivity contribution in [1.29, 1.82) is 0 Å². The van der Waals surface area contributed by atoms with Crippen LogP contribution in [0.2, 0.25) is 0 Å². The lowest BCUT2D eigenvalue weighted by Gasteiger charge is -2.12. The van der Waals surface area contributed by atoms with E-state index in [2.05, 4.69) is 45.2 Å². The van der Waals surface area contributed by atoms with Crippen LogP contribution in [0.1, 0.15) is 11.1 Å². The molecule has 0 saturated heterocycles. The molecule has 40 heavy (non-hydrogen) atoms. The van der Waals surface area contributed by atoms with E-state index in [0.29, 0.717) is 30.1 Å². The predicted octanol–water partition coefficient (Wildman–Crippen LogP) is 8.04. The largest absolute Gasteiger partial charge is 0.507 e. The monoisotopic (exact) mass is 992 g/mol. The summed E-state index contributed by atoms with van der Waals surface area (Å²) in [7, 11) is 0. The molecule has 0 saturated carbocycles. The number of hydrogen-bond acceptors (Lipinski definition) is 6. The summed E-state index contributed by atoms with van der Waals surface area (Å²) in [4.78, 5) is 21.3. The second-order valence-electron chi connectivity index (χ2n) is 8.10. The fourth-order valence-electron chi connectivity index (χ4n) is 3.19. The number of phenolic OH excluding ortho intramolecular Hbond substituents is 2. The second-order valence-corrected chi connectivity index (χ2v) is 12.8. The van der Waals surface area contributed by atoms with Crippen LogP contribution >= 0.6 is 90.4 Å². The van der Waals surface area contributed by atoms with Crippen LogP contribution in [-0.2, 0) is 22.4 Å². The van der Waals surface area contributed by atoms with E-state index < -0.39 is 11.9 Å². The van der Waals surface area contributed by atoms with E-state index in [-0.39, 0.29) is 24.3 Å². The summed E-state index contributed by atoms with van der Waals surface area (Å²) in [6.07, 6.45) is -0.0131. The fourth-order valence-corrected chi connectivity index (χ4v) is 6.28. The van der Waals surface area contributed by atoms with Crippen LogP contribution < -0.4 is 9.47 Å². The normalized spacial score (nSPS) is 10.3. The highest BCUT2D eigenvalue weighted by Crippen LogP contribution is 2.35. The SMILES string of the molecule is O=C(O)Cc1cc(I)c(Oc2ccc(O)c(I)c2)c(I)c1.O=C(O)Cc1ccc(Oc2ccc(O)c(I)c2)cc1. The molecular weight excluding hydrogens is 972 g/mol. The molecule has 0 heterocycles. The quantitative estimate of drug-likeness (QED) is 0.131. The molecule has 4 aromatic carbocycles. The first-order valence-electron chi connectivity index (χ1n) is 11.2. The zero-order chi connectivity index (χ0) is 29.4. The van der Waals surface area contributed by atoms with Gasteiger partial charge in [-0.1, -0.05) is 12.1 Å². The first-order valence-corrected chi connectivity index (χ1v) is 15.6. The molecule has 0 fully saturated rings. The summed E-state index contributed by atoms with van der Waals surface area (Å²) >= 11 is 8.30. The number of carboxylic acids is 2. The van der Waals surface area contributed by atoms with E-state index in [9.17, 15) is 19.8 Å². The number of hydrogen-bond donors (Lipinski definition) is 4. The van der Waals surface area contributed by atoms with Gasteiger partial charge < -0.3 is 29.9 Å². The lowest BCUT2D eigenvalue weighted by atomic mass is 10.1. The van der Waals surface area contributed by atoms with E-state index in [1.54, 1.807) is 72.8 Å². The number of aliphatic carboxylic acids is 2. The van der Waals surface area contributed by atoms with Gasteiger partial charge in [-0.15, -0.1) is 0 Å². The molecule has 0 amide bonds. The van der Waals surface area contributed by atoms with Crippen LogP contribution in [0.3, 0.4) is 0 Å². The Labute approximate surface area is 284 Å². The average molecular weight is 992 g/mol. The summed E-state index contributed by atoms with van der Waals surface area (Å²) in [6, 6.07) is 20.5. The number of carbonyl (C=O) groups is 2. The Bertz CT molecular complexity index is 1500. The van der Waals surface area contributed by atoms with Gasteiger partial charge in [-0.25, -0.2) is 0 Å². The summed E-state index contributed by atoms with van der Waals surface area (Å²) < 4.78 is 14.6. The van der Waals surface area contributed by atoms with Gasteiger partial charge in [-0.3, -0.25) is 9.59 Å². The Kier molecular flexibility index (Phi) is 12.4. The summed E-state index contributed by atoms with van der Waals surface area (Å²) in [5.41, 5.74) is 1.46. The van der Waals surface area contributed by atoms with E-state index in [4.69, 9.17) is 19.7 Å². The van der Waals surface area contributed by atoms with Gasteiger partial charge in [0.05, 0.1) is 27.1 Å². The summed E-state index contributed by atoms with van der Waals surface area (Å²) in [5, 5.41) is 36.5. The first-order chi connectivity index (χ1) is 18.9. The molecule has 4 N–H and O–H groups in total. The number of aromatic hydroxyl groups is 2.